The summed E-state index contributed by atoms with van der Waals surface area (Å²) in [7, 11) is 0. The van der Waals surface area contributed by atoms with Gasteiger partial charge in [-0.15, -0.1) is 0 Å². The van der Waals surface area contributed by atoms with Crippen molar-refractivity contribution in [3.8, 4) is 0 Å². The molecule has 2 aromatic rings. The molecule has 124 valence electrons. The summed E-state index contributed by atoms with van der Waals surface area (Å²) in [5.74, 6) is 0. The number of likely N-dealkylation sites (tertiary alicyclic amines) is 1. The van der Waals surface area contributed by atoms with Gasteiger partial charge in [0.15, 0.2) is 0 Å². The number of H-pyrrole nitrogens is 1. The first kappa shape index (κ1) is 15.0. The van der Waals surface area contributed by atoms with E-state index in [1.165, 1.54) is 12.8 Å². The van der Waals surface area contributed by atoms with Crippen molar-refractivity contribution >= 4 is 11.0 Å². The van der Waals surface area contributed by atoms with Gasteiger partial charge in [0.1, 0.15) is 0 Å². The molecular formula is C18H26N4O. The van der Waals surface area contributed by atoms with Crippen molar-refractivity contribution in [2.45, 2.75) is 56.7 Å². The van der Waals surface area contributed by atoms with E-state index in [-0.39, 0.29) is 5.69 Å². The quantitative estimate of drug-likeness (QED) is 0.893. The molecule has 2 fully saturated rings. The van der Waals surface area contributed by atoms with E-state index in [0.29, 0.717) is 18.1 Å². The fourth-order valence-corrected chi connectivity index (χ4v) is 4.41. The molecule has 5 heteroatoms. The molecule has 23 heavy (non-hydrogen) atoms. The second-order valence-corrected chi connectivity index (χ2v) is 7.15. The lowest BCUT2D eigenvalue weighted by atomic mass is 9.89. The van der Waals surface area contributed by atoms with Crippen LogP contribution >= 0.6 is 0 Å². The summed E-state index contributed by atoms with van der Waals surface area (Å²) in [6, 6.07) is 9.44. The highest BCUT2D eigenvalue weighted by atomic mass is 16.1. The van der Waals surface area contributed by atoms with Gasteiger partial charge in [0.2, 0.25) is 0 Å². The molecule has 1 saturated carbocycles. The average Bonchev–Trinajstić information content (AvgIpc) is 2.91. The Balaban J connectivity index is 1.47. The summed E-state index contributed by atoms with van der Waals surface area (Å²) < 4.78 is 1.98. The molecule has 1 aromatic heterocycles. The van der Waals surface area contributed by atoms with Crippen molar-refractivity contribution in [3.63, 3.8) is 0 Å². The number of imidazole rings is 1. The molecule has 1 aromatic carbocycles. The zero-order chi connectivity index (χ0) is 15.8. The van der Waals surface area contributed by atoms with E-state index in [9.17, 15) is 4.79 Å². The first-order chi connectivity index (χ1) is 11.2. The minimum absolute atomic E-state index is 0.0355. The van der Waals surface area contributed by atoms with Crippen LogP contribution in [0.1, 0.15) is 44.6 Å². The van der Waals surface area contributed by atoms with Crippen molar-refractivity contribution in [1.82, 2.24) is 14.5 Å². The number of hydrogen-bond acceptors (Lipinski definition) is 3. The Kier molecular flexibility index (Phi) is 3.99. The van der Waals surface area contributed by atoms with Gasteiger partial charge in [-0.25, -0.2) is 4.79 Å². The Morgan fingerprint density at radius 3 is 2.39 bits per heavy atom. The molecule has 3 N–H and O–H groups in total. The van der Waals surface area contributed by atoms with Crippen molar-refractivity contribution in [3.05, 3.63) is 34.7 Å². The highest BCUT2D eigenvalue weighted by Crippen LogP contribution is 2.29. The van der Waals surface area contributed by atoms with Gasteiger partial charge >= 0.3 is 5.69 Å². The van der Waals surface area contributed by atoms with Gasteiger partial charge in [-0.05, 0) is 50.7 Å². The summed E-state index contributed by atoms with van der Waals surface area (Å²) in [4.78, 5) is 17.9. The van der Waals surface area contributed by atoms with Gasteiger partial charge in [0.25, 0.3) is 0 Å². The molecule has 2 aliphatic rings. The van der Waals surface area contributed by atoms with E-state index >= 15 is 0 Å². The highest BCUT2D eigenvalue weighted by molar-refractivity contribution is 5.75. The predicted octanol–water partition coefficient (Wildman–Crippen LogP) is 2.24. The third kappa shape index (κ3) is 2.83. The number of rotatable bonds is 2. The van der Waals surface area contributed by atoms with Crippen molar-refractivity contribution in [2.24, 2.45) is 5.73 Å². The number of hydrogen-bond donors (Lipinski definition) is 2. The number of para-hydroxylation sites is 2. The molecule has 2 heterocycles. The Labute approximate surface area is 136 Å². The van der Waals surface area contributed by atoms with E-state index in [2.05, 4.69) is 9.88 Å². The smallest absolute Gasteiger partial charge is 0.326 e. The maximum atomic E-state index is 12.3. The third-order valence-electron chi connectivity index (χ3n) is 5.75. The maximum absolute atomic E-state index is 12.3. The molecule has 0 atom stereocenters. The van der Waals surface area contributed by atoms with E-state index < -0.39 is 0 Å². The van der Waals surface area contributed by atoms with Gasteiger partial charge in [0.05, 0.1) is 11.0 Å². The van der Waals surface area contributed by atoms with Crippen LogP contribution in [-0.2, 0) is 0 Å². The van der Waals surface area contributed by atoms with Crippen LogP contribution in [0.3, 0.4) is 0 Å². The minimum atomic E-state index is 0.0355. The fourth-order valence-electron chi connectivity index (χ4n) is 4.41. The second kappa shape index (κ2) is 6.13. The number of aromatic nitrogens is 2. The number of nitrogens with two attached hydrogens (primary N) is 1. The second-order valence-electron chi connectivity index (χ2n) is 7.15. The largest absolute Gasteiger partial charge is 0.328 e. The molecule has 0 bridgehead atoms. The third-order valence-corrected chi connectivity index (χ3v) is 5.75. The van der Waals surface area contributed by atoms with Gasteiger partial charge in [-0.2, -0.15) is 0 Å². The summed E-state index contributed by atoms with van der Waals surface area (Å²) in [6.45, 7) is 2.19. The number of nitrogens with zero attached hydrogens (tertiary/aromatic N) is 2. The van der Waals surface area contributed by atoms with Crippen LogP contribution in [-0.4, -0.2) is 39.6 Å². The van der Waals surface area contributed by atoms with Crippen LogP contribution in [0.5, 0.6) is 0 Å². The molecule has 0 radical (unpaired) electrons. The Morgan fingerprint density at radius 1 is 0.957 bits per heavy atom. The molecule has 4 rings (SSSR count). The Bertz CT molecular complexity index is 718. The molecule has 5 nitrogen and oxygen atoms in total. The van der Waals surface area contributed by atoms with Crippen molar-refractivity contribution in [2.75, 3.05) is 13.1 Å². The van der Waals surface area contributed by atoms with Crippen LogP contribution < -0.4 is 11.4 Å². The van der Waals surface area contributed by atoms with Gasteiger partial charge in [-0.3, -0.25) is 4.57 Å². The molecule has 1 aliphatic heterocycles. The van der Waals surface area contributed by atoms with E-state index in [0.717, 1.165) is 49.8 Å². The van der Waals surface area contributed by atoms with Gasteiger partial charge in [0, 0.05) is 31.2 Å². The van der Waals surface area contributed by atoms with Crippen LogP contribution in [0.15, 0.2) is 29.1 Å². The summed E-state index contributed by atoms with van der Waals surface area (Å²) >= 11 is 0. The van der Waals surface area contributed by atoms with Gasteiger partial charge < -0.3 is 15.6 Å². The van der Waals surface area contributed by atoms with Gasteiger partial charge in [-0.1, -0.05) is 12.1 Å². The van der Waals surface area contributed by atoms with Crippen LogP contribution in [0.4, 0.5) is 0 Å². The SMILES string of the molecule is NC1CCC(N2CCC(n3c(=O)[nH]c4ccccc43)CC2)CC1. The average molecular weight is 314 g/mol. The number of nitrogens with one attached hydrogen (secondary N) is 1. The topological polar surface area (TPSA) is 67.0 Å². The minimum Gasteiger partial charge on any atom is -0.328 e. The number of benzene rings is 1. The van der Waals surface area contributed by atoms with E-state index in [1.807, 2.05) is 28.8 Å². The Hall–Kier alpha value is -1.59. The lowest BCUT2D eigenvalue weighted by Crippen LogP contribution is -2.45. The normalized spacial score (nSPS) is 27.5. The monoisotopic (exact) mass is 314 g/mol. The zero-order valence-corrected chi connectivity index (χ0v) is 13.6. The molecule has 1 saturated heterocycles. The Morgan fingerprint density at radius 2 is 1.65 bits per heavy atom. The van der Waals surface area contributed by atoms with E-state index in [4.69, 9.17) is 5.73 Å². The zero-order valence-electron chi connectivity index (χ0n) is 13.6. The lowest BCUT2D eigenvalue weighted by molar-refractivity contribution is 0.105. The molecule has 0 amide bonds. The predicted molar refractivity (Wildman–Crippen MR) is 92.6 cm³/mol. The molecular weight excluding hydrogens is 288 g/mol. The molecule has 0 unspecified atom stereocenters. The summed E-state index contributed by atoms with van der Waals surface area (Å²) in [5.41, 5.74) is 8.04. The highest BCUT2D eigenvalue weighted by Gasteiger charge is 2.29. The first-order valence-electron chi connectivity index (χ1n) is 8.91. The summed E-state index contributed by atoms with van der Waals surface area (Å²) in [5, 5.41) is 0. The van der Waals surface area contributed by atoms with Crippen LogP contribution in [0.2, 0.25) is 0 Å². The molecule has 0 spiro atoms. The standard InChI is InChI=1S/C18H26N4O/c19-13-5-7-14(8-6-13)21-11-9-15(10-12-21)22-17-4-2-1-3-16(17)20-18(22)23/h1-4,13-15H,5-12,19H2,(H,20,23). The van der Waals surface area contributed by atoms with Crippen LogP contribution in [0, 0.1) is 0 Å². The maximum Gasteiger partial charge on any atom is 0.326 e. The van der Waals surface area contributed by atoms with Crippen LogP contribution in [0.25, 0.3) is 11.0 Å². The van der Waals surface area contributed by atoms with E-state index in [1.54, 1.807) is 0 Å². The molecule has 1 aliphatic carbocycles. The summed E-state index contributed by atoms with van der Waals surface area (Å²) in [6.07, 6.45) is 6.91. The number of piperidine rings is 1. The lowest BCUT2D eigenvalue weighted by Gasteiger charge is -2.40. The van der Waals surface area contributed by atoms with Crippen molar-refractivity contribution in [1.29, 1.82) is 0 Å². The fraction of sp³-hybridized carbons (Fsp3) is 0.611. The number of fused-ring (bicyclic) bond motifs is 1. The number of aromatic amines is 1. The van der Waals surface area contributed by atoms with Crippen molar-refractivity contribution < 1.29 is 0 Å². The first-order valence-corrected chi connectivity index (χ1v) is 8.91.